The molecule has 2 N–H and O–H groups in total. The molecule has 0 atom stereocenters. The van der Waals surface area contributed by atoms with E-state index in [2.05, 4.69) is 25.5 Å². The summed E-state index contributed by atoms with van der Waals surface area (Å²) in [5.74, 6) is -0.147. The monoisotopic (exact) mass is 482 g/mol. The summed E-state index contributed by atoms with van der Waals surface area (Å²) in [4.78, 5) is 48.9. The molecule has 2 amide bonds. The van der Waals surface area contributed by atoms with Gasteiger partial charge in [-0.15, -0.1) is 0 Å². The number of para-hydroxylation sites is 1. The first-order valence-electron chi connectivity index (χ1n) is 11.6. The van der Waals surface area contributed by atoms with E-state index in [9.17, 15) is 14.4 Å². The highest BCUT2D eigenvalue weighted by atomic mass is 32.1. The first-order chi connectivity index (χ1) is 16.4. The van der Waals surface area contributed by atoms with Crippen LogP contribution >= 0.6 is 11.3 Å². The number of thiazole rings is 1. The quantitative estimate of drug-likeness (QED) is 0.536. The number of carbonyl (C=O) groups excluding carboxylic acids is 2. The van der Waals surface area contributed by atoms with E-state index in [0.29, 0.717) is 30.0 Å². The average Bonchev–Trinajstić information content (AvgIpc) is 3.27. The maximum atomic E-state index is 13.0. The SMILES string of the molecule is CCCNC(=O)C1CCN(c2nc3ncn(CC(=O)Nc4c(C)cccc4C)c(=O)c3s2)CC1. The van der Waals surface area contributed by atoms with Crippen LogP contribution in [-0.2, 0) is 16.1 Å². The van der Waals surface area contributed by atoms with Crippen LogP contribution in [0.5, 0.6) is 0 Å². The molecule has 9 nitrogen and oxygen atoms in total. The molecular formula is C24H30N6O3S. The van der Waals surface area contributed by atoms with Crippen molar-refractivity contribution in [3.8, 4) is 0 Å². The van der Waals surface area contributed by atoms with Gasteiger partial charge in [0.1, 0.15) is 17.6 Å². The van der Waals surface area contributed by atoms with E-state index < -0.39 is 0 Å². The molecular weight excluding hydrogens is 452 g/mol. The van der Waals surface area contributed by atoms with E-state index >= 15 is 0 Å². The maximum Gasteiger partial charge on any atom is 0.273 e. The standard InChI is InChI=1S/C24H30N6O3S/c1-4-10-25-22(32)17-8-11-29(12-9-17)24-28-21-20(34-24)23(33)30(14-26-21)13-18(31)27-19-15(2)6-5-7-16(19)3/h5-7,14,17H,4,8-13H2,1-3H3,(H,25,32)(H,27,31). The Bertz CT molecular complexity index is 1240. The molecule has 180 valence electrons. The van der Waals surface area contributed by atoms with Gasteiger partial charge in [-0.1, -0.05) is 36.5 Å². The lowest BCUT2D eigenvalue weighted by atomic mass is 9.96. The number of hydrogen-bond donors (Lipinski definition) is 2. The number of aryl methyl sites for hydroxylation is 2. The molecule has 1 aliphatic heterocycles. The van der Waals surface area contributed by atoms with Crippen LogP contribution in [0.1, 0.15) is 37.3 Å². The number of rotatable bonds is 7. The zero-order chi connectivity index (χ0) is 24.2. The molecule has 1 aromatic carbocycles. The predicted octanol–water partition coefficient (Wildman–Crippen LogP) is 2.85. The Hall–Kier alpha value is -3.27. The lowest BCUT2D eigenvalue weighted by molar-refractivity contribution is -0.125. The molecule has 0 unspecified atom stereocenters. The van der Waals surface area contributed by atoms with Gasteiger partial charge in [-0.25, -0.2) is 4.98 Å². The number of amides is 2. The summed E-state index contributed by atoms with van der Waals surface area (Å²) in [5, 5.41) is 6.60. The molecule has 0 bridgehead atoms. The van der Waals surface area contributed by atoms with Crippen LogP contribution in [0, 0.1) is 19.8 Å². The highest BCUT2D eigenvalue weighted by Gasteiger charge is 2.27. The van der Waals surface area contributed by atoms with Gasteiger partial charge in [-0.2, -0.15) is 4.98 Å². The fourth-order valence-electron chi connectivity index (χ4n) is 4.15. The van der Waals surface area contributed by atoms with Crippen molar-refractivity contribution < 1.29 is 9.59 Å². The van der Waals surface area contributed by atoms with Gasteiger partial charge >= 0.3 is 0 Å². The predicted molar refractivity (Wildman–Crippen MR) is 134 cm³/mol. The highest BCUT2D eigenvalue weighted by molar-refractivity contribution is 7.22. The first-order valence-corrected chi connectivity index (χ1v) is 12.4. The summed E-state index contributed by atoms with van der Waals surface area (Å²) >= 11 is 1.29. The van der Waals surface area contributed by atoms with Gasteiger partial charge < -0.3 is 15.5 Å². The molecule has 1 fully saturated rings. The zero-order valence-electron chi connectivity index (χ0n) is 19.8. The van der Waals surface area contributed by atoms with Gasteiger partial charge in [0.25, 0.3) is 5.56 Å². The van der Waals surface area contributed by atoms with E-state index in [4.69, 9.17) is 0 Å². The lowest BCUT2D eigenvalue weighted by Gasteiger charge is -2.30. The van der Waals surface area contributed by atoms with Crippen LogP contribution in [0.25, 0.3) is 10.3 Å². The number of nitrogens with zero attached hydrogens (tertiary/aromatic N) is 4. The van der Waals surface area contributed by atoms with Crippen molar-refractivity contribution in [2.45, 2.75) is 46.6 Å². The molecule has 0 saturated carbocycles. The summed E-state index contributed by atoms with van der Waals surface area (Å²) < 4.78 is 1.75. The summed E-state index contributed by atoms with van der Waals surface area (Å²) in [7, 11) is 0. The molecule has 1 aliphatic rings. The highest BCUT2D eigenvalue weighted by Crippen LogP contribution is 2.29. The van der Waals surface area contributed by atoms with Crippen LogP contribution in [0.3, 0.4) is 0 Å². The number of fused-ring (bicyclic) bond motifs is 1. The molecule has 0 radical (unpaired) electrons. The molecule has 0 aliphatic carbocycles. The molecule has 10 heteroatoms. The van der Waals surface area contributed by atoms with Crippen LogP contribution in [0.15, 0.2) is 29.3 Å². The van der Waals surface area contributed by atoms with E-state index in [0.717, 1.165) is 41.2 Å². The Morgan fingerprint density at radius 2 is 1.88 bits per heavy atom. The molecule has 0 spiro atoms. The fourth-order valence-corrected chi connectivity index (χ4v) is 5.17. The number of carbonyl (C=O) groups is 2. The summed E-state index contributed by atoms with van der Waals surface area (Å²) in [5.41, 5.74) is 2.81. The van der Waals surface area contributed by atoms with Crippen molar-refractivity contribution in [1.29, 1.82) is 0 Å². The maximum absolute atomic E-state index is 13.0. The number of aromatic nitrogens is 3. The van der Waals surface area contributed by atoms with Gasteiger partial charge in [-0.05, 0) is 44.2 Å². The second-order valence-corrected chi connectivity index (χ2v) is 9.67. The normalized spacial score (nSPS) is 14.4. The first kappa shape index (κ1) is 23.9. The molecule has 3 heterocycles. The van der Waals surface area contributed by atoms with Gasteiger partial charge in [0.05, 0.1) is 0 Å². The summed E-state index contributed by atoms with van der Waals surface area (Å²) in [6, 6.07) is 5.80. The van der Waals surface area contributed by atoms with Crippen molar-refractivity contribution in [2.24, 2.45) is 5.92 Å². The number of anilines is 2. The number of nitrogens with one attached hydrogen (secondary N) is 2. The topological polar surface area (TPSA) is 109 Å². The van der Waals surface area contributed by atoms with E-state index in [1.165, 1.54) is 22.2 Å². The third-order valence-corrected chi connectivity index (χ3v) is 7.21. The van der Waals surface area contributed by atoms with Gasteiger partial charge in [0.15, 0.2) is 10.8 Å². The van der Waals surface area contributed by atoms with Gasteiger partial charge in [0.2, 0.25) is 11.8 Å². The Balaban J connectivity index is 1.44. The zero-order valence-corrected chi connectivity index (χ0v) is 20.6. The summed E-state index contributed by atoms with van der Waals surface area (Å²) in [6.07, 6.45) is 3.81. The number of piperidine rings is 1. The second kappa shape index (κ2) is 10.3. The van der Waals surface area contributed by atoms with Crippen molar-refractivity contribution in [1.82, 2.24) is 19.9 Å². The Morgan fingerprint density at radius 3 is 2.56 bits per heavy atom. The Labute approximate surface area is 202 Å². The Kier molecular flexibility index (Phi) is 7.26. The van der Waals surface area contributed by atoms with E-state index in [1.54, 1.807) is 0 Å². The average molecular weight is 483 g/mol. The minimum Gasteiger partial charge on any atom is -0.356 e. The second-order valence-electron chi connectivity index (χ2n) is 8.69. The Morgan fingerprint density at radius 1 is 1.18 bits per heavy atom. The van der Waals surface area contributed by atoms with E-state index in [1.807, 2.05) is 39.0 Å². The largest absolute Gasteiger partial charge is 0.356 e. The number of benzene rings is 1. The number of hydrogen-bond acceptors (Lipinski definition) is 7. The van der Waals surface area contributed by atoms with Gasteiger partial charge in [0, 0.05) is 31.2 Å². The molecule has 2 aromatic heterocycles. The van der Waals surface area contributed by atoms with Crippen molar-refractivity contribution in [2.75, 3.05) is 29.9 Å². The molecule has 34 heavy (non-hydrogen) atoms. The van der Waals surface area contributed by atoms with Crippen molar-refractivity contribution in [3.05, 3.63) is 46.0 Å². The molecule has 3 aromatic rings. The molecule has 1 saturated heterocycles. The smallest absolute Gasteiger partial charge is 0.273 e. The van der Waals surface area contributed by atoms with Crippen molar-refractivity contribution in [3.63, 3.8) is 0 Å². The summed E-state index contributed by atoms with van der Waals surface area (Å²) in [6.45, 7) is 7.89. The van der Waals surface area contributed by atoms with Gasteiger partial charge in [-0.3, -0.25) is 19.0 Å². The fraction of sp³-hybridized carbons (Fsp3) is 0.458. The minimum atomic E-state index is -0.284. The van der Waals surface area contributed by atoms with Crippen LogP contribution in [0.2, 0.25) is 0 Å². The van der Waals surface area contributed by atoms with Crippen molar-refractivity contribution >= 4 is 44.3 Å². The van der Waals surface area contributed by atoms with Crippen LogP contribution < -0.4 is 21.1 Å². The van der Waals surface area contributed by atoms with E-state index in [-0.39, 0.29) is 29.8 Å². The molecule has 4 rings (SSSR count). The van der Waals surface area contributed by atoms with Crippen LogP contribution in [0.4, 0.5) is 10.8 Å². The minimum absolute atomic E-state index is 0.0166. The lowest BCUT2D eigenvalue weighted by Crippen LogP contribution is -2.40. The van der Waals surface area contributed by atoms with Crippen LogP contribution in [-0.4, -0.2) is 46.0 Å². The third-order valence-electron chi connectivity index (χ3n) is 6.12. The third kappa shape index (κ3) is 5.11.